The van der Waals surface area contributed by atoms with Gasteiger partial charge in [0.2, 0.25) is 0 Å². The molecule has 0 radical (unpaired) electrons. The Morgan fingerprint density at radius 2 is 2.10 bits per heavy atom. The van der Waals surface area contributed by atoms with Crippen LogP contribution in [0, 0.1) is 0 Å². The predicted octanol–water partition coefficient (Wildman–Crippen LogP) is 3.61. The van der Waals surface area contributed by atoms with E-state index < -0.39 is 0 Å². The van der Waals surface area contributed by atoms with Crippen LogP contribution in [0.1, 0.15) is 24.5 Å². The van der Waals surface area contributed by atoms with E-state index in [1.54, 1.807) is 12.4 Å². The summed E-state index contributed by atoms with van der Waals surface area (Å²) in [7, 11) is 2.17. The van der Waals surface area contributed by atoms with Crippen LogP contribution in [0.4, 0.5) is 0 Å². The summed E-state index contributed by atoms with van der Waals surface area (Å²) in [6.07, 6.45) is 5.94. The Balaban J connectivity index is 2.00. The van der Waals surface area contributed by atoms with Crippen LogP contribution < -0.4 is 0 Å². The van der Waals surface area contributed by atoms with E-state index in [1.807, 2.05) is 24.3 Å². The fraction of sp³-hybridized carbons (Fsp3) is 0.375. The van der Waals surface area contributed by atoms with Crippen LogP contribution in [0.2, 0.25) is 5.02 Å². The molecule has 1 aliphatic heterocycles. The first-order valence-electron chi connectivity index (χ1n) is 6.99. The van der Waals surface area contributed by atoms with Crippen molar-refractivity contribution in [2.24, 2.45) is 0 Å². The molecule has 1 aromatic heterocycles. The molecular formula is C16H18ClN3. The van der Waals surface area contributed by atoms with Crippen LogP contribution in [-0.4, -0.2) is 35.0 Å². The number of nitrogens with zero attached hydrogens (tertiary/aromatic N) is 3. The lowest BCUT2D eigenvalue weighted by Crippen LogP contribution is -2.31. The number of benzene rings is 1. The Bertz CT molecular complexity index is 600. The van der Waals surface area contributed by atoms with E-state index in [9.17, 15) is 0 Å². The second kappa shape index (κ2) is 5.90. The molecule has 1 aromatic carbocycles. The molecular weight excluding hydrogens is 270 g/mol. The minimum absolute atomic E-state index is 0.455. The first-order valence-corrected chi connectivity index (χ1v) is 7.37. The molecule has 1 aliphatic rings. The summed E-state index contributed by atoms with van der Waals surface area (Å²) in [4.78, 5) is 11.5. The molecule has 1 fully saturated rings. The zero-order chi connectivity index (χ0) is 13.9. The molecule has 0 spiro atoms. The summed E-state index contributed by atoms with van der Waals surface area (Å²) in [5, 5.41) is 0.736. The van der Waals surface area contributed by atoms with Crippen molar-refractivity contribution in [3.63, 3.8) is 0 Å². The van der Waals surface area contributed by atoms with Crippen LogP contribution in [-0.2, 0) is 0 Å². The SMILES string of the molecule is CN1CCC[C@H](c2nccnc2-c2cccc(Cl)c2)C1. The van der Waals surface area contributed by atoms with Gasteiger partial charge in [-0.15, -0.1) is 0 Å². The van der Waals surface area contributed by atoms with Crippen molar-refractivity contribution in [3.8, 4) is 11.3 Å². The van der Waals surface area contributed by atoms with Crippen molar-refractivity contribution < 1.29 is 0 Å². The van der Waals surface area contributed by atoms with Crippen molar-refractivity contribution in [1.29, 1.82) is 0 Å². The minimum Gasteiger partial charge on any atom is -0.306 e. The third-order valence-electron chi connectivity index (χ3n) is 3.84. The van der Waals surface area contributed by atoms with E-state index in [4.69, 9.17) is 11.6 Å². The second-order valence-electron chi connectivity index (χ2n) is 5.40. The lowest BCUT2D eigenvalue weighted by molar-refractivity contribution is 0.248. The van der Waals surface area contributed by atoms with Gasteiger partial charge in [-0.25, -0.2) is 0 Å². The van der Waals surface area contributed by atoms with Gasteiger partial charge in [-0.2, -0.15) is 0 Å². The smallest absolute Gasteiger partial charge is 0.0921 e. The monoisotopic (exact) mass is 287 g/mol. The number of aromatic nitrogens is 2. The van der Waals surface area contributed by atoms with E-state index in [-0.39, 0.29) is 0 Å². The molecule has 0 saturated carbocycles. The third-order valence-corrected chi connectivity index (χ3v) is 4.07. The molecule has 1 saturated heterocycles. The number of likely N-dealkylation sites (tertiary alicyclic amines) is 1. The highest BCUT2D eigenvalue weighted by Gasteiger charge is 2.23. The fourth-order valence-electron chi connectivity index (χ4n) is 2.90. The molecule has 4 heteroatoms. The number of hydrogen-bond donors (Lipinski definition) is 0. The lowest BCUT2D eigenvalue weighted by Gasteiger charge is -2.30. The number of piperidine rings is 1. The maximum Gasteiger partial charge on any atom is 0.0921 e. The summed E-state index contributed by atoms with van der Waals surface area (Å²) in [6, 6.07) is 7.85. The highest BCUT2D eigenvalue weighted by molar-refractivity contribution is 6.30. The average molecular weight is 288 g/mol. The zero-order valence-corrected chi connectivity index (χ0v) is 12.3. The van der Waals surface area contributed by atoms with E-state index in [0.29, 0.717) is 5.92 Å². The summed E-state index contributed by atoms with van der Waals surface area (Å²) < 4.78 is 0. The van der Waals surface area contributed by atoms with Crippen LogP contribution in [0.15, 0.2) is 36.7 Å². The normalized spacial score (nSPS) is 20.0. The van der Waals surface area contributed by atoms with Gasteiger partial charge in [0.25, 0.3) is 0 Å². The summed E-state index contributed by atoms with van der Waals surface area (Å²) >= 11 is 6.10. The van der Waals surface area contributed by atoms with E-state index in [0.717, 1.165) is 28.5 Å². The maximum atomic E-state index is 6.10. The fourth-order valence-corrected chi connectivity index (χ4v) is 3.09. The van der Waals surface area contributed by atoms with Gasteiger partial charge in [-0.1, -0.05) is 23.7 Å². The van der Waals surface area contributed by atoms with Crippen LogP contribution >= 0.6 is 11.6 Å². The van der Waals surface area contributed by atoms with Gasteiger partial charge in [-0.05, 0) is 38.6 Å². The van der Waals surface area contributed by atoms with Crippen LogP contribution in [0.25, 0.3) is 11.3 Å². The number of halogens is 1. The molecule has 2 heterocycles. The molecule has 0 unspecified atom stereocenters. The number of likely N-dealkylation sites (N-methyl/N-ethyl adjacent to an activating group) is 1. The van der Waals surface area contributed by atoms with Gasteiger partial charge in [0, 0.05) is 35.4 Å². The molecule has 0 amide bonds. The maximum absolute atomic E-state index is 6.10. The van der Waals surface area contributed by atoms with Crippen LogP contribution in [0.3, 0.4) is 0 Å². The van der Waals surface area contributed by atoms with E-state index >= 15 is 0 Å². The molecule has 3 nitrogen and oxygen atoms in total. The quantitative estimate of drug-likeness (QED) is 0.845. The first-order chi connectivity index (χ1) is 9.74. The van der Waals surface area contributed by atoms with Gasteiger partial charge in [0.15, 0.2) is 0 Å². The van der Waals surface area contributed by atoms with Gasteiger partial charge in [0.1, 0.15) is 0 Å². The summed E-state index contributed by atoms with van der Waals surface area (Å²) in [5.41, 5.74) is 3.12. The third kappa shape index (κ3) is 2.84. The molecule has 20 heavy (non-hydrogen) atoms. The lowest BCUT2D eigenvalue weighted by atomic mass is 9.92. The van der Waals surface area contributed by atoms with Crippen molar-refractivity contribution in [3.05, 3.63) is 47.4 Å². The van der Waals surface area contributed by atoms with Gasteiger partial charge in [-0.3, -0.25) is 9.97 Å². The van der Waals surface area contributed by atoms with Crippen molar-refractivity contribution in [2.75, 3.05) is 20.1 Å². The number of rotatable bonds is 2. The largest absolute Gasteiger partial charge is 0.306 e. The van der Waals surface area contributed by atoms with E-state index in [2.05, 4.69) is 21.9 Å². The highest BCUT2D eigenvalue weighted by atomic mass is 35.5. The Morgan fingerprint density at radius 3 is 2.90 bits per heavy atom. The molecule has 104 valence electrons. The Labute approximate surface area is 124 Å². The minimum atomic E-state index is 0.455. The molecule has 2 aromatic rings. The first kappa shape index (κ1) is 13.5. The standard InChI is InChI=1S/C16H18ClN3/c1-20-9-3-5-13(11-20)16-15(18-7-8-19-16)12-4-2-6-14(17)10-12/h2,4,6-8,10,13H,3,5,9,11H2,1H3/t13-/m0/s1. The van der Waals surface area contributed by atoms with Gasteiger partial charge < -0.3 is 4.90 Å². The average Bonchev–Trinajstić information content (AvgIpc) is 2.47. The van der Waals surface area contributed by atoms with Gasteiger partial charge >= 0.3 is 0 Å². The van der Waals surface area contributed by atoms with E-state index in [1.165, 1.54) is 19.4 Å². The van der Waals surface area contributed by atoms with Crippen LogP contribution in [0.5, 0.6) is 0 Å². The Hall–Kier alpha value is -1.45. The molecule has 1 atom stereocenters. The molecule has 0 bridgehead atoms. The van der Waals surface area contributed by atoms with Crippen molar-refractivity contribution >= 4 is 11.6 Å². The summed E-state index contributed by atoms with van der Waals surface area (Å²) in [5.74, 6) is 0.455. The second-order valence-corrected chi connectivity index (χ2v) is 5.84. The summed E-state index contributed by atoms with van der Waals surface area (Å²) in [6.45, 7) is 2.22. The van der Waals surface area contributed by atoms with Crippen molar-refractivity contribution in [2.45, 2.75) is 18.8 Å². The topological polar surface area (TPSA) is 29.0 Å². The predicted molar refractivity (Wildman–Crippen MR) is 82.0 cm³/mol. The Morgan fingerprint density at radius 1 is 1.25 bits per heavy atom. The molecule has 3 rings (SSSR count). The zero-order valence-electron chi connectivity index (χ0n) is 11.6. The highest BCUT2D eigenvalue weighted by Crippen LogP contribution is 2.32. The van der Waals surface area contributed by atoms with Crippen molar-refractivity contribution in [1.82, 2.24) is 14.9 Å². The Kier molecular flexibility index (Phi) is 3.99. The molecule has 0 N–H and O–H groups in total. The molecule has 0 aliphatic carbocycles. The van der Waals surface area contributed by atoms with Gasteiger partial charge in [0.05, 0.1) is 11.4 Å². The number of hydrogen-bond acceptors (Lipinski definition) is 3.